The lowest BCUT2D eigenvalue weighted by molar-refractivity contribution is 0.795. The molecule has 0 aromatic heterocycles. The van der Waals surface area contributed by atoms with E-state index in [0.717, 1.165) is 28.2 Å². The van der Waals surface area contributed by atoms with Gasteiger partial charge in [-0.15, -0.1) is 18.5 Å². The molecular formula is C26H28P2. The van der Waals surface area contributed by atoms with Crippen molar-refractivity contribution in [2.45, 2.75) is 39.5 Å². The summed E-state index contributed by atoms with van der Waals surface area (Å²) >= 11 is 0. The van der Waals surface area contributed by atoms with Crippen LogP contribution in [0.2, 0.25) is 0 Å². The quantitative estimate of drug-likeness (QED) is 0.382. The van der Waals surface area contributed by atoms with E-state index >= 15 is 0 Å². The summed E-state index contributed by atoms with van der Waals surface area (Å²) in [6, 6.07) is 21.9. The van der Waals surface area contributed by atoms with Crippen molar-refractivity contribution in [3.8, 4) is 23.0 Å². The van der Waals surface area contributed by atoms with Gasteiger partial charge >= 0.3 is 0 Å². The maximum Gasteiger partial charge on any atom is 0.0392 e. The first-order valence-corrected chi connectivity index (χ1v) is 11.2. The van der Waals surface area contributed by atoms with Gasteiger partial charge in [0, 0.05) is 11.1 Å². The number of hydrogen-bond acceptors (Lipinski definition) is 0. The Morgan fingerprint density at radius 3 is 1.82 bits per heavy atom. The molecule has 0 aliphatic heterocycles. The number of rotatable bonds is 5. The van der Waals surface area contributed by atoms with Crippen LogP contribution in [0.5, 0.6) is 0 Å². The molecule has 0 saturated carbocycles. The fourth-order valence-corrected chi connectivity index (χ4v) is 4.30. The fraction of sp³-hybridized carbons (Fsp3) is 0.231. The zero-order chi connectivity index (χ0) is 19.9. The molecule has 2 heteroatoms. The Hall–Kier alpha value is -1.92. The third-order valence-corrected chi connectivity index (χ3v) is 5.90. The van der Waals surface area contributed by atoms with Crippen LogP contribution in [0.1, 0.15) is 48.9 Å². The molecule has 0 nitrogen and oxygen atoms in total. The van der Waals surface area contributed by atoms with Crippen LogP contribution >= 0.6 is 18.5 Å². The second-order valence-electron chi connectivity index (χ2n) is 7.13. The molecule has 2 unspecified atom stereocenters. The van der Waals surface area contributed by atoms with Crippen molar-refractivity contribution in [3.05, 3.63) is 82.9 Å². The number of hydrogen-bond donors (Lipinski definition) is 0. The summed E-state index contributed by atoms with van der Waals surface area (Å²) in [4.78, 5) is 0. The molecule has 3 rings (SSSR count). The minimum atomic E-state index is 1.04. The van der Waals surface area contributed by atoms with Gasteiger partial charge in [-0.2, -0.15) is 0 Å². The van der Waals surface area contributed by atoms with Gasteiger partial charge < -0.3 is 0 Å². The van der Waals surface area contributed by atoms with Gasteiger partial charge in [0.15, 0.2) is 0 Å². The van der Waals surface area contributed by atoms with Crippen LogP contribution in [0, 0.1) is 11.8 Å². The van der Waals surface area contributed by atoms with Gasteiger partial charge in [0.1, 0.15) is 0 Å². The third-order valence-electron chi connectivity index (χ3n) is 4.99. The van der Waals surface area contributed by atoms with Crippen molar-refractivity contribution in [1.82, 2.24) is 0 Å². The minimum Gasteiger partial charge on any atom is -0.104 e. The lowest BCUT2D eigenvalue weighted by Gasteiger charge is -2.06. The highest BCUT2D eigenvalue weighted by molar-refractivity contribution is 7.30. The van der Waals surface area contributed by atoms with Crippen molar-refractivity contribution in [3.63, 3.8) is 0 Å². The molecule has 0 amide bonds. The van der Waals surface area contributed by atoms with Crippen LogP contribution in [0.15, 0.2) is 60.7 Å². The van der Waals surface area contributed by atoms with Gasteiger partial charge in [0.05, 0.1) is 0 Å². The van der Waals surface area contributed by atoms with E-state index in [0.29, 0.717) is 0 Å². The zero-order valence-electron chi connectivity index (χ0n) is 16.8. The van der Waals surface area contributed by atoms with E-state index in [1.54, 1.807) is 0 Å². The molecule has 0 radical (unpaired) electrons. The first-order valence-electron chi connectivity index (χ1n) is 10.00. The van der Waals surface area contributed by atoms with E-state index in [1.807, 2.05) is 0 Å². The average molecular weight is 402 g/mol. The largest absolute Gasteiger partial charge is 0.104 e. The van der Waals surface area contributed by atoms with Gasteiger partial charge in [-0.1, -0.05) is 80.6 Å². The lowest BCUT2D eigenvalue weighted by Crippen LogP contribution is -2.11. The van der Waals surface area contributed by atoms with Crippen molar-refractivity contribution in [2.75, 3.05) is 0 Å². The Morgan fingerprint density at radius 1 is 0.714 bits per heavy atom. The summed E-state index contributed by atoms with van der Waals surface area (Å²) in [5, 5.41) is 2.33. The summed E-state index contributed by atoms with van der Waals surface area (Å²) in [6.07, 6.45) is 4.70. The van der Waals surface area contributed by atoms with Gasteiger partial charge in [-0.25, -0.2) is 0 Å². The van der Waals surface area contributed by atoms with Crippen LogP contribution in [0.25, 0.3) is 11.1 Å². The summed E-state index contributed by atoms with van der Waals surface area (Å²) in [6.45, 7) is 4.41. The van der Waals surface area contributed by atoms with E-state index in [9.17, 15) is 0 Å². The molecule has 142 valence electrons. The summed E-state index contributed by atoms with van der Waals surface area (Å²) in [5.41, 5.74) is 7.37. The molecule has 0 N–H and O–H groups in total. The second-order valence-corrected chi connectivity index (χ2v) is 8.37. The molecule has 0 spiro atoms. The second kappa shape index (κ2) is 10.0. The molecule has 2 atom stereocenters. The Bertz CT molecular complexity index is 964. The van der Waals surface area contributed by atoms with Gasteiger partial charge in [0.25, 0.3) is 0 Å². The average Bonchev–Trinajstić information content (AvgIpc) is 2.72. The molecule has 0 saturated heterocycles. The van der Waals surface area contributed by atoms with Gasteiger partial charge in [-0.05, 0) is 64.3 Å². The molecule has 0 heterocycles. The smallest absolute Gasteiger partial charge is 0.0392 e. The third kappa shape index (κ3) is 5.32. The molecule has 0 bridgehead atoms. The molecule has 0 aliphatic rings. The first kappa shape index (κ1) is 20.8. The van der Waals surface area contributed by atoms with Gasteiger partial charge in [-0.3, -0.25) is 0 Å². The summed E-state index contributed by atoms with van der Waals surface area (Å²) < 4.78 is 0. The molecule has 0 aliphatic carbocycles. The Labute approximate surface area is 174 Å². The molecule has 28 heavy (non-hydrogen) atoms. The highest BCUT2D eigenvalue weighted by Crippen LogP contribution is 2.21. The summed E-state index contributed by atoms with van der Waals surface area (Å²) in [7, 11) is 5.63. The first-order chi connectivity index (χ1) is 13.6. The van der Waals surface area contributed by atoms with E-state index in [1.165, 1.54) is 41.5 Å². The number of unbranched alkanes of at least 4 members (excludes halogenated alkanes) is 1. The highest BCUT2D eigenvalue weighted by atomic mass is 31.0. The fourth-order valence-electron chi connectivity index (χ4n) is 3.23. The number of aryl methyl sites for hydroxylation is 2. The van der Waals surface area contributed by atoms with E-state index < -0.39 is 0 Å². The normalized spacial score (nSPS) is 10.4. The van der Waals surface area contributed by atoms with Crippen molar-refractivity contribution < 1.29 is 0 Å². The molecule has 3 aromatic carbocycles. The van der Waals surface area contributed by atoms with Crippen LogP contribution in [0.4, 0.5) is 0 Å². The van der Waals surface area contributed by atoms with Crippen LogP contribution in [-0.2, 0) is 12.8 Å². The van der Waals surface area contributed by atoms with Crippen molar-refractivity contribution in [1.29, 1.82) is 0 Å². The van der Waals surface area contributed by atoms with E-state index in [-0.39, 0.29) is 0 Å². The highest BCUT2D eigenvalue weighted by Gasteiger charge is 2.03. The molecule has 0 fully saturated rings. The Kier molecular flexibility index (Phi) is 7.45. The Balaban J connectivity index is 1.76. The van der Waals surface area contributed by atoms with Crippen LogP contribution in [0.3, 0.4) is 0 Å². The van der Waals surface area contributed by atoms with E-state index in [2.05, 4.69) is 105 Å². The van der Waals surface area contributed by atoms with Crippen LogP contribution in [-0.4, -0.2) is 0 Å². The lowest BCUT2D eigenvalue weighted by atomic mass is 10.0. The summed E-state index contributed by atoms with van der Waals surface area (Å²) in [5.74, 6) is 6.66. The van der Waals surface area contributed by atoms with Crippen molar-refractivity contribution >= 4 is 29.1 Å². The molecular weight excluding hydrogens is 374 g/mol. The standard InChI is InChI=1S/C26H28P2/c1-3-5-6-20-7-12-22(13-8-20)23-14-9-21(10-15-23)11-16-24-25(27)17-19(4-2)18-26(24)28/h7-10,12-15,17-18H,3-6,27-28H2,1-2H3. The number of benzene rings is 3. The topological polar surface area (TPSA) is 0 Å². The van der Waals surface area contributed by atoms with Crippen molar-refractivity contribution in [2.24, 2.45) is 0 Å². The maximum absolute atomic E-state index is 3.34. The van der Waals surface area contributed by atoms with Gasteiger partial charge in [0.2, 0.25) is 0 Å². The predicted octanol–water partition coefficient (Wildman–Crippen LogP) is 5.66. The zero-order valence-corrected chi connectivity index (χ0v) is 19.1. The Morgan fingerprint density at radius 2 is 1.29 bits per heavy atom. The minimum absolute atomic E-state index is 1.04. The van der Waals surface area contributed by atoms with E-state index in [4.69, 9.17) is 0 Å². The SMILES string of the molecule is CCCCc1ccc(-c2ccc(C#Cc3c(P)cc(CC)cc3P)cc2)cc1. The van der Waals surface area contributed by atoms with Crippen LogP contribution < -0.4 is 10.6 Å². The predicted molar refractivity (Wildman–Crippen MR) is 131 cm³/mol. The molecule has 3 aromatic rings. The monoisotopic (exact) mass is 402 g/mol. The maximum atomic E-state index is 3.34.